The van der Waals surface area contributed by atoms with Crippen LogP contribution >= 0.6 is 0 Å². The van der Waals surface area contributed by atoms with E-state index < -0.39 is 0 Å². The molecule has 19 heavy (non-hydrogen) atoms. The molecule has 5 heteroatoms. The van der Waals surface area contributed by atoms with Crippen LogP contribution in [0.5, 0.6) is 0 Å². The van der Waals surface area contributed by atoms with E-state index in [1.165, 1.54) is 32.1 Å². The molecule has 0 atom stereocenters. The van der Waals surface area contributed by atoms with Gasteiger partial charge in [-0.05, 0) is 18.8 Å². The Hall–Kier alpha value is -1.52. The van der Waals surface area contributed by atoms with Crippen molar-refractivity contribution in [1.29, 1.82) is 0 Å². The molecule has 106 valence electrons. The van der Waals surface area contributed by atoms with Crippen LogP contribution in [0, 0.1) is 5.92 Å². The summed E-state index contributed by atoms with van der Waals surface area (Å²) in [6.07, 6.45) is 11.2. The van der Waals surface area contributed by atoms with Gasteiger partial charge in [0.15, 0.2) is 0 Å². The SMILES string of the molecule is O=CN1CCN(C(=O)N/C=C/C2CCCCC2)CC1. The van der Waals surface area contributed by atoms with Crippen molar-refractivity contribution in [3.8, 4) is 0 Å². The largest absolute Gasteiger partial charge is 0.342 e. The van der Waals surface area contributed by atoms with Crippen LogP contribution in [-0.2, 0) is 4.79 Å². The zero-order valence-electron chi connectivity index (χ0n) is 11.4. The van der Waals surface area contributed by atoms with E-state index in [-0.39, 0.29) is 6.03 Å². The highest BCUT2D eigenvalue weighted by molar-refractivity contribution is 5.75. The lowest BCUT2D eigenvalue weighted by Gasteiger charge is -2.32. The maximum Gasteiger partial charge on any atom is 0.321 e. The normalized spacial score (nSPS) is 21.7. The number of hydrogen-bond donors (Lipinski definition) is 1. The van der Waals surface area contributed by atoms with Crippen LogP contribution in [0.15, 0.2) is 12.3 Å². The first-order chi connectivity index (χ1) is 9.29. The Morgan fingerprint density at radius 2 is 1.74 bits per heavy atom. The van der Waals surface area contributed by atoms with Crippen molar-refractivity contribution in [3.05, 3.63) is 12.3 Å². The third-order valence-corrected chi connectivity index (χ3v) is 3.98. The van der Waals surface area contributed by atoms with E-state index in [0.717, 1.165) is 6.41 Å². The molecule has 1 aliphatic heterocycles. The standard InChI is InChI=1S/C14H23N3O2/c18-12-16-8-10-17(11-9-16)14(19)15-7-6-13-4-2-1-3-5-13/h6-7,12-13H,1-5,8-11H2,(H,15,19)/b7-6+. The van der Waals surface area contributed by atoms with Gasteiger partial charge in [-0.1, -0.05) is 25.3 Å². The van der Waals surface area contributed by atoms with Gasteiger partial charge in [-0.15, -0.1) is 0 Å². The number of nitrogens with zero attached hydrogens (tertiary/aromatic N) is 2. The molecule has 5 nitrogen and oxygen atoms in total. The maximum atomic E-state index is 11.9. The van der Waals surface area contributed by atoms with E-state index in [9.17, 15) is 9.59 Å². The second kappa shape index (κ2) is 7.16. The predicted molar refractivity (Wildman–Crippen MR) is 73.5 cm³/mol. The van der Waals surface area contributed by atoms with Crippen molar-refractivity contribution >= 4 is 12.4 Å². The molecule has 0 aromatic heterocycles. The van der Waals surface area contributed by atoms with Gasteiger partial charge in [-0.3, -0.25) is 4.79 Å². The van der Waals surface area contributed by atoms with E-state index in [4.69, 9.17) is 0 Å². The minimum absolute atomic E-state index is 0.0578. The smallest absolute Gasteiger partial charge is 0.321 e. The second-order valence-electron chi connectivity index (χ2n) is 5.34. The third-order valence-electron chi connectivity index (χ3n) is 3.98. The lowest BCUT2D eigenvalue weighted by atomic mass is 9.89. The minimum Gasteiger partial charge on any atom is -0.342 e. The number of rotatable bonds is 3. The molecule has 1 N–H and O–H groups in total. The zero-order chi connectivity index (χ0) is 13.5. The molecular formula is C14H23N3O2. The molecule has 0 unspecified atom stereocenters. The molecular weight excluding hydrogens is 242 g/mol. The van der Waals surface area contributed by atoms with Crippen molar-refractivity contribution in [2.24, 2.45) is 5.92 Å². The van der Waals surface area contributed by atoms with Gasteiger partial charge in [0.05, 0.1) is 0 Å². The van der Waals surface area contributed by atoms with Crippen LogP contribution < -0.4 is 5.32 Å². The van der Waals surface area contributed by atoms with Crippen molar-refractivity contribution < 1.29 is 9.59 Å². The second-order valence-corrected chi connectivity index (χ2v) is 5.34. The summed E-state index contributed by atoms with van der Waals surface area (Å²) in [5.41, 5.74) is 0. The Balaban J connectivity index is 1.69. The number of amides is 3. The third kappa shape index (κ3) is 4.26. The summed E-state index contributed by atoms with van der Waals surface area (Å²) in [7, 11) is 0. The number of hydrogen-bond acceptors (Lipinski definition) is 2. The van der Waals surface area contributed by atoms with Crippen LogP contribution in [-0.4, -0.2) is 48.4 Å². The lowest BCUT2D eigenvalue weighted by molar-refractivity contribution is -0.119. The highest BCUT2D eigenvalue weighted by atomic mass is 16.2. The molecule has 2 fully saturated rings. The fourth-order valence-corrected chi connectivity index (χ4v) is 2.70. The van der Waals surface area contributed by atoms with E-state index in [1.807, 2.05) is 0 Å². The Kier molecular flexibility index (Phi) is 5.24. The Morgan fingerprint density at radius 3 is 2.37 bits per heavy atom. The maximum absolute atomic E-state index is 11.9. The molecule has 0 bridgehead atoms. The average Bonchev–Trinajstić information content (AvgIpc) is 2.48. The molecule has 1 heterocycles. The van der Waals surface area contributed by atoms with Gasteiger partial charge < -0.3 is 15.1 Å². The van der Waals surface area contributed by atoms with Gasteiger partial charge in [-0.2, -0.15) is 0 Å². The summed E-state index contributed by atoms with van der Waals surface area (Å²) in [6.45, 7) is 2.48. The molecule has 0 radical (unpaired) electrons. The van der Waals surface area contributed by atoms with E-state index in [1.54, 1.807) is 16.0 Å². The van der Waals surface area contributed by atoms with Crippen LogP contribution in [0.25, 0.3) is 0 Å². The van der Waals surface area contributed by atoms with Crippen molar-refractivity contribution in [2.75, 3.05) is 26.2 Å². The highest BCUT2D eigenvalue weighted by Crippen LogP contribution is 2.24. The van der Waals surface area contributed by atoms with E-state index in [0.29, 0.717) is 32.1 Å². The predicted octanol–water partition coefficient (Wildman–Crippen LogP) is 1.56. The molecule has 1 saturated carbocycles. The monoisotopic (exact) mass is 265 g/mol. The summed E-state index contributed by atoms with van der Waals surface area (Å²) in [4.78, 5) is 25.9. The first kappa shape index (κ1) is 13.9. The topological polar surface area (TPSA) is 52.7 Å². The number of carbonyl (C=O) groups is 2. The van der Waals surface area contributed by atoms with Gasteiger partial charge in [0.25, 0.3) is 0 Å². The fourth-order valence-electron chi connectivity index (χ4n) is 2.70. The van der Waals surface area contributed by atoms with Crippen LogP contribution in [0.1, 0.15) is 32.1 Å². The number of carbonyl (C=O) groups excluding carboxylic acids is 2. The summed E-state index contributed by atoms with van der Waals surface area (Å²) < 4.78 is 0. The first-order valence-corrected chi connectivity index (χ1v) is 7.21. The number of nitrogens with one attached hydrogen (secondary N) is 1. The Labute approximate surface area is 114 Å². The summed E-state index contributed by atoms with van der Waals surface area (Å²) in [6, 6.07) is -0.0578. The van der Waals surface area contributed by atoms with Crippen molar-refractivity contribution in [3.63, 3.8) is 0 Å². The average molecular weight is 265 g/mol. The van der Waals surface area contributed by atoms with Crippen molar-refractivity contribution in [2.45, 2.75) is 32.1 Å². The molecule has 3 amide bonds. The Morgan fingerprint density at radius 1 is 1.05 bits per heavy atom. The van der Waals surface area contributed by atoms with Gasteiger partial charge in [-0.25, -0.2) is 4.79 Å². The molecule has 1 aliphatic carbocycles. The van der Waals surface area contributed by atoms with E-state index in [2.05, 4.69) is 11.4 Å². The first-order valence-electron chi connectivity index (χ1n) is 7.21. The zero-order valence-corrected chi connectivity index (χ0v) is 11.4. The molecule has 2 aliphatic rings. The molecule has 1 saturated heterocycles. The Bertz CT molecular complexity index is 330. The van der Waals surface area contributed by atoms with Gasteiger partial charge >= 0.3 is 6.03 Å². The quantitative estimate of drug-likeness (QED) is 0.787. The summed E-state index contributed by atoms with van der Waals surface area (Å²) in [5.74, 6) is 0.626. The van der Waals surface area contributed by atoms with Crippen LogP contribution in [0.2, 0.25) is 0 Å². The molecule has 0 spiro atoms. The number of piperazine rings is 1. The number of allylic oxidation sites excluding steroid dienone is 1. The summed E-state index contributed by atoms with van der Waals surface area (Å²) >= 11 is 0. The van der Waals surface area contributed by atoms with Gasteiger partial charge in [0, 0.05) is 32.4 Å². The molecule has 0 aromatic rings. The fraction of sp³-hybridized carbons (Fsp3) is 0.714. The summed E-state index contributed by atoms with van der Waals surface area (Å²) in [5, 5.41) is 2.83. The van der Waals surface area contributed by atoms with Gasteiger partial charge in [0.1, 0.15) is 0 Å². The minimum atomic E-state index is -0.0578. The van der Waals surface area contributed by atoms with Crippen LogP contribution in [0.3, 0.4) is 0 Å². The lowest BCUT2D eigenvalue weighted by Crippen LogP contribution is -2.50. The van der Waals surface area contributed by atoms with Crippen molar-refractivity contribution in [1.82, 2.24) is 15.1 Å². The molecule has 0 aromatic carbocycles. The van der Waals surface area contributed by atoms with Gasteiger partial charge in [0.2, 0.25) is 6.41 Å². The number of urea groups is 1. The van der Waals surface area contributed by atoms with E-state index >= 15 is 0 Å². The highest BCUT2D eigenvalue weighted by Gasteiger charge is 2.19. The van der Waals surface area contributed by atoms with Crippen LogP contribution in [0.4, 0.5) is 4.79 Å². The molecule has 2 rings (SSSR count).